The summed E-state index contributed by atoms with van der Waals surface area (Å²) >= 11 is 3.13. The van der Waals surface area contributed by atoms with Crippen molar-refractivity contribution in [2.24, 2.45) is 0 Å². The van der Waals surface area contributed by atoms with Gasteiger partial charge in [0.1, 0.15) is 69.8 Å². The average Bonchev–Trinajstić information content (AvgIpc) is 1.62. The third kappa shape index (κ3) is 20.0. The Morgan fingerprint density at radius 2 is 0.846 bits per heavy atom. The number of aliphatic hydroxyl groups is 2. The quantitative estimate of drug-likeness (QED) is 0.0270. The van der Waals surface area contributed by atoms with Gasteiger partial charge in [-0.05, 0) is 142 Å². The third-order valence-corrected chi connectivity index (χ3v) is 16.7. The van der Waals surface area contributed by atoms with Gasteiger partial charge < -0.3 is 54.3 Å². The first-order chi connectivity index (χ1) is 49.5. The Kier molecular flexibility index (Phi) is 33.3. The van der Waals surface area contributed by atoms with E-state index in [1.165, 1.54) is 19.8 Å². The van der Waals surface area contributed by atoms with Crippen molar-refractivity contribution in [2.45, 2.75) is 100 Å². The van der Waals surface area contributed by atoms with Crippen LogP contribution in [0, 0.1) is 116 Å². The van der Waals surface area contributed by atoms with Gasteiger partial charge in [0.05, 0.1) is 50.1 Å². The van der Waals surface area contributed by atoms with E-state index in [4.69, 9.17) is 41.4 Å². The van der Waals surface area contributed by atoms with Crippen molar-refractivity contribution >= 4 is 52.4 Å². The highest BCUT2D eigenvalue weighted by Gasteiger charge is 2.24. The Balaban J connectivity index is 0.000000315. The van der Waals surface area contributed by atoms with E-state index in [1.54, 1.807) is 96.4 Å². The van der Waals surface area contributed by atoms with E-state index in [2.05, 4.69) is 99.3 Å². The Bertz CT molecular complexity index is 5190. The number of pyridine rings is 7. The minimum atomic E-state index is -0.715. The Hall–Kier alpha value is -13.2. The molecule has 0 radical (unpaired) electrons. The molecule has 28 heteroatoms. The minimum Gasteiger partial charge on any atom is -0.481 e. The standard InChI is InChI=1S/C12H12N2O3.C12H12N2O.C11H12N2O2.C11H10N2O2.C11H13NO2.C10H8N2O.C9H7BrN2O3/c1-4-5-8-7(2)14-11(15)9(6-13)10(8)12(16)17-3;1-4-6-10-8(3)14-12(15)11(7-13)9(10)5-2;2*1-3-4-8-7(2)13-11(15)9(5-12)10(8)6-14;1-7-8-4-3-5-9(8)10(6-13)11(12-7)14-2;1-6-7-3-2-4-8(7)9(5-11)10(13)12-6;1-4-7(10)6(9(14)15-2)5(3-11)8(13)12-4/h4H,1,5H2,2-3H3,(H,14,15);4-5H,1-2,6H2,3H3,(H,14,15);3,14H,1,4,6H2,2H3,(H,13,15);3,6H,1,4H2,2H3,(H,13,15);3,5,13H,4,6H2,1-2H3;2,4H,3H2,1H3,(H,12,13);1-2H3,(H,12,13). The molecule has 0 aliphatic heterocycles. The second-order valence-electron chi connectivity index (χ2n) is 22.0. The Morgan fingerprint density at radius 3 is 1.29 bits per heavy atom. The summed E-state index contributed by atoms with van der Waals surface area (Å²) in [5, 5.41) is 71.3. The van der Waals surface area contributed by atoms with Crippen LogP contribution >= 0.6 is 15.9 Å². The number of nitrogens with one attached hydrogen (secondary N) is 6. The molecule has 0 unspecified atom stereocenters. The number of fused-ring (bicyclic) bond motifs is 2. The van der Waals surface area contributed by atoms with Crippen molar-refractivity contribution < 1.29 is 38.8 Å². The number of hydrogen-bond acceptors (Lipinski definition) is 21. The molecule has 7 heterocycles. The van der Waals surface area contributed by atoms with Gasteiger partial charge >= 0.3 is 11.9 Å². The lowest BCUT2D eigenvalue weighted by Crippen LogP contribution is -2.21. The summed E-state index contributed by atoms with van der Waals surface area (Å²) in [7, 11) is 3.97. The zero-order valence-corrected chi connectivity index (χ0v) is 60.4. The lowest BCUT2D eigenvalue weighted by molar-refractivity contribution is 0.0590. The fourth-order valence-electron chi connectivity index (χ4n) is 10.7. The summed E-state index contributed by atoms with van der Waals surface area (Å²) in [6.45, 7) is 30.0. The number of aliphatic hydroxyl groups excluding tert-OH is 2. The Morgan fingerprint density at radius 1 is 0.481 bits per heavy atom. The monoisotopic (exact) mass is 1470 g/mol. The van der Waals surface area contributed by atoms with E-state index >= 15 is 0 Å². The van der Waals surface area contributed by atoms with Crippen LogP contribution in [0.1, 0.15) is 166 Å². The summed E-state index contributed by atoms with van der Waals surface area (Å²) in [6, 6.07) is 10.8. The van der Waals surface area contributed by atoms with Crippen LogP contribution in [0.15, 0.2) is 103 Å². The number of aryl methyl sites for hydroxylation is 7. The maximum atomic E-state index is 11.6. The number of esters is 2. The largest absolute Gasteiger partial charge is 0.481 e. The molecule has 2 aliphatic carbocycles. The molecule has 7 aromatic rings. The zero-order valence-electron chi connectivity index (χ0n) is 58.8. The van der Waals surface area contributed by atoms with Gasteiger partial charge in [-0.25, -0.2) is 14.6 Å². The van der Waals surface area contributed by atoms with Crippen molar-refractivity contribution in [3.8, 4) is 42.3 Å². The number of aldehydes is 1. The molecule has 0 bridgehead atoms. The number of carbonyl (C=O) groups excluding carboxylic acids is 3. The number of ether oxygens (including phenoxy) is 3. The summed E-state index contributed by atoms with van der Waals surface area (Å²) in [4.78, 5) is 122. The molecule has 0 aromatic carbocycles. The van der Waals surface area contributed by atoms with E-state index in [9.17, 15) is 48.3 Å². The van der Waals surface area contributed by atoms with E-state index in [1.807, 2.05) is 44.2 Å². The van der Waals surface area contributed by atoms with Crippen molar-refractivity contribution in [1.29, 1.82) is 31.6 Å². The SMILES string of the molecule is C=CCc1c(C)[nH]c(=O)c(C#N)c1C(=O)OC.C=CCc1c(C)[nH]c(=O)c(C#N)c1C=C.C=CCc1c(C)[nH]c(=O)c(C#N)c1C=O.C=CCc1c(C)[nH]c(=O)c(C#N)c1CO.COC(=O)c1c(Br)c(C)[nH]c(=O)c1C#N.COc1nc(C)c2c(c1CO)C=CC2.Cc1[nH]c(=O)c(C#N)c2c1CC=C2. The van der Waals surface area contributed by atoms with Gasteiger partial charge in [-0.15, -0.1) is 26.3 Å². The number of hydrogen-bond donors (Lipinski definition) is 8. The molecule has 7 aromatic heterocycles. The number of methoxy groups -OCH3 is 3. The maximum absolute atomic E-state index is 11.6. The van der Waals surface area contributed by atoms with Crippen LogP contribution in [0.2, 0.25) is 0 Å². The van der Waals surface area contributed by atoms with Crippen molar-refractivity contribution in [1.82, 2.24) is 34.9 Å². The fraction of sp³-hybridized carbons (Fsp3) is 0.237. The highest BCUT2D eigenvalue weighted by Crippen LogP contribution is 2.31. The molecule has 27 nitrogen and oxygen atoms in total. The molecule has 104 heavy (non-hydrogen) atoms. The second kappa shape index (κ2) is 40.7. The predicted molar refractivity (Wildman–Crippen MR) is 393 cm³/mol. The van der Waals surface area contributed by atoms with Crippen LogP contribution in [0.4, 0.5) is 0 Å². The van der Waals surface area contributed by atoms with Gasteiger partial charge in [0.25, 0.3) is 33.4 Å². The highest BCUT2D eigenvalue weighted by atomic mass is 79.9. The number of allylic oxidation sites excluding steroid dienone is 6. The number of rotatable bonds is 15. The molecular weight excluding hydrogens is 1400 g/mol. The van der Waals surface area contributed by atoms with E-state index in [0.717, 1.165) is 63.3 Å². The number of halogens is 1. The summed E-state index contributed by atoms with van der Waals surface area (Å²) in [5.74, 6) is -0.865. The second-order valence-corrected chi connectivity index (χ2v) is 22.7. The molecule has 0 atom stereocenters. The van der Waals surface area contributed by atoms with Crippen LogP contribution in [0.3, 0.4) is 0 Å². The molecule has 534 valence electrons. The molecule has 8 N–H and O–H groups in total. The highest BCUT2D eigenvalue weighted by molar-refractivity contribution is 9.10. The molecule has 0 saturated heterocycles. The molecule has 2 aliphatic rings. The normalized spacial score (nSPS) is 10.3. The first-order valence-corrected chi connectivity index (χ1v) is 31.7. The van der Waals surface area contributed by atoms with Gasteiger partial charge in [-0.1, -0.05) is 61.3 Å². The van der Waals surface area contributed by atoms with E-state index in [0.29, 0.717) is 87.4 Å². The molecule has 0 fully saturated rings. The molecule has 0 spiro atoms. The summed E-state index contributed by atoms with van der Waals surface area (Å²) in [5.41, 5.74) is 10.8. The number of nitrogens with zero attached hydrogens (tertiary/aromatic N) is 7. The first-order valence-electron chi connectivity index (χ1n) is 31.0. The van der Waals surface area contributed by atoms with Gasteiger partial charge in [0.2, 0.25) is 5.88 Å². The predicted octanol–water partition coefficient (Wildman–Crippen LogP) is 8.56. The zero-order chi connectivity index (χ0) is 78.4. The molecule has 0 amide bonds. The maximum Gasteiger partial charge on any atom is 0.340 e. The molecule has 9 rings (SSSR count). The van der Waals surface area contributed by atoms with Crippen molar-refractivity contribution in [2.75, 3.05) is 21.3 Å². The number of carbonyl (C=O) groups is 3. The summed E-state index contributed by atoms with van der Waals surface area (Å²) < 4.78 is 14.6. The van der Waals surface area contributed by atoms with Crippen LogP contribution in [0.5, 0.6) is 5.88 Å². The number of H-pyrrole nitrogens is 6. The van der Waals surface area contributed by atoms with Crippen molar-refractivity contribution in [3.05, 3.63) is 287 Å². The van der Waals surface area contributed by atoms with Gasteiger partial charge in [-0.2, -0.15) is 31.6 Å². The van der Waals surface area contributed by atoms with Gasteiger partial charge in [0.15, 0.2) is 6.29 Å². The van der Waals surface area contributed by atoms with E-state index < -0.39 is 34.2 Å². The fourth-order valence-corrected chi connectivity index (χ4v) is 11.1. The van der Waals surface area contributed by atoms with Crippen LogP contribution in [0.25, 0.3) is 18.2 Å². The van der Waals surface area contributed by atoms with Gasteiger partial charge in [0, 0.05) is 67.7 Å². The number of nitriles is 6. The minimum absolute atomic E-state index is 0.0139. The topological polar surface area (TPSA) is 472 Å². The van der Waals surface area contributed by atoms with Crippen LogP contribution in [-0.2, 0) is 61.2 Å². The van der Waals surface area contributed by atoms with Crippen molar-refractivity contribution in [3.63, 3.8) is 0 Å². The number of aromatic amines is 6. The Labute approximate surface area is 605 Å². The molecular formula is C76H74BrN13O14. The van der Waals surface area contributed by atoms with Crippen LogP contribution in [-0.4, -0.2) is 84.7 Å². The lowest BCUT2D eigenvalue weighted by atomic mass is 9.99. The smallest absolute Gasteiger partial charge is 0.340 e. The van der Waals surface area contributed by atoms with Gasteiger partial charge in [-0.3, -0.25) is 33.6 Å². The molecule has 0 saturated carbocycles. The summed E-state index contributed by atoms with van der Waals surface area (Å²) in [6.07, 6.45) is 20.3. The number of aromatic nitrogens is 7. The van der Waals surface area contributed by atoms with E-state index in [-0.39, 0.29) is 74.4 Å². The lowest BCUT2D eigenvalue weighted by Gasteiger charge is -2.12. The third-order valence-electron chi connectivity index (χ3n) is 15.7. The average molecular weight is 1470 g/mol. The van der Waals surface area contributed by atoms with Crippen LogP contribution < -0.4 is 38.1 Å². The first kappa shape index (κ1) is 85.0.